The van der Waals surface area contributed by atoms with Crippen molar-refractivity contribution in [3.63, 3.8) is 0 Å². The van der Waals surface area contributed by atoms with Gasteiger partial charge in [-0.25, -0.2) is 4.39 Å². The fourth-order valence-electron chi connectivity index (χ4n) is 3.09. The number of halogens is 1. The third-order valence-corrected chi connectivity index (χ3v) is 6.82. The Morgan fingerprint density at radius 2 is 2.11 bits per heavy atom. The first-order valence-electron chi connectivity index (χ1n) is 9.06. The van der Waals surface area contributed by atoms with Gasteiger partial charge in [0.15, 0.2) is 0 Å². The molecule has 1 heterocycles. The zero-order valence-electron chi connectivity index (χ0n) is 16.6. The second-order valence-corrected chi connectivity index (χ2v) is 10.4. The molecular formula is C19H26FN3O4S. The molecule has 1 unspecified atom stereocenters. The Morgan fingerprint density at radius 3 is 2.61 bits per heavy atom. The molecule has 0 bridgehead atoms. The molecule has 1 aromatic carbocycles. The van der Waals surface area contributed by atoms with Crippen molar-refractivity contribution >= 4 is 17.0 Å². The van der Waals surface area contributed by atoms with E-state index in [1.165, 1.54) is 6.07 Å². The lowest BCUT2D eigenvalue weighted by atomic mass is 9.78. The lowest BCUT2D eigenvalue weighted by Gasteiger charge is -2.36. The minimum absolute atomic E-state index is 0.0614. The van der Waals surface area contributed by atoms with E-state index in [9.17, 15) is 24.3 Å². The van der Waals surface area contributed by atoms with Gasteiger partial charge in [-0.05, 0) is 53.0 Å². The third-order valence-electron chi connectivity index (χ3n) is 5.07. The SMILES string of the molecule is CC(C)(C)[S+]([O-])N[C@@](C)(CC[C@@]1(C#N)CCOC1)c1cc([N+](=O)[O-])ccc1F. The van der Waals surface area contributed by atoms with Crippen LogP contribution in [-0.4, -0.2) is 27.4 Å². The maximum absolute atomic E-state index is 14.7. The summed E-state index contributed by atoms with van der Waals surface area (Å²) in [5, 5.41) is 20.8. The van der Waals surface area contributed by atoms with Crippen LogP contribution in [0.5, 0.6) is 0 Å². The average molecular weight is 411 g/mol. The van der Waals surface area contributed by atoms with Gasteiger partial charge in [0.2, 0.25) is 0 Å². The van der Waals surface area contributed by atoms with Crippen molar-refractivity contribution < 1.29 is 18.6 Å². The second kappa shape index (κ2) is 8.33. The van der Waals surface area contributed by atoms with Crippen LogP contribution in [0.4, 0.5) is 10.1 Å². The Morgan fingerprint density at radius 1 is 1.43 bits per heavy atom. The van der Waals surface area contributed by atoms with Crippen molar-refractivity contribution in [1.29, 1.82) is 5.26 Å². The van der Waals surface area contributed by atoms with Crippen molar-refractivity contribution in [2.24, 2.45) is 5.41 Å². The zero-order valence-corrected chi connectivity index (χ0v) is 17.4. The highest BCUT2D eigenvalue weighted by molar-refractivity contribution is 7.90. The highest BCUT2D eigenvalue weighted by atomic mass is 32.2. The summed E-state index contributed by atoms with van der Waals surface area (Å²) in [5.74, 6) is -0.625. The third kappa shape index (κ3) is 5.00. The van der Waals surface area contributed by atoms with E-state index in [1.54, 1.807) is 27.7 Å². The number of nitro benzene ring substituents is 1. The molecule has 1 aliphatic heterocycles. The standard InChI is InChI=1S/C19H26FN3O4S/c1-17(2,3)28(26)22-18(4,7-8-19(12-21)9-10-27-13-19)15-11-14(23(24)25)5-6-16(15)20/h5-6,11,22H,7-10,13H2,1-4H3/t18-,19-,28?/m0/s1. The number of nitriles is 1. The van der Waals surface area contributed by atoms with Gasteiger partial charge in [0, 0.05) is 35.7 Å². The van der Waals surface area contributed by atoms with E-state index in [2.05, 4.69) is 10.8 Å². The summed E-state index contributed by atoms with van der Waals surface area (Å²) < 4.78 is 35.2. The molecule has 154 valence electrons. The molecule has 1 aromatic rings. The Hall–Kier alpha value is -1.73. The number of nitro groups is 1. The number of nitrogens with zero attached hydrogens (tertiary/aromatic N) is 2. The Labute approximate surface area is 167 Å². The van der Waals surface area contributed by atoms with Crippen molar-refractivity contribution in [3.05, 3.63) is 39.7 Å². The number of hydrogen-bond acceptors (Lipinski definition) is 6. The van der Waals surface area contributed by atoms with Gasteiger partial charge in [0.1, 0.15) is 10.6 Å². The van der Waals surface area contributed by atoms with Gasteiger partial charge in [-0.1, -0.05) is 0 Å². The lowest BCUT2D eigenvalue weighted by molar-refractivity contribution is -0.385. The minimum atomic E-state index is -1.55. The number of rotatable bonds is 7. The predicted molar refractivity (Wildman–Crippen MR) is 104 cm³/mol. The number of ether oxygens (including phenoxy) is 1. The summed E-state index contributed by atoms with van der Waals surface area (Å²) >= 11 is -1.55. The van der Waals surface area contributed by atoms with E-state index in [1.807, 2.05) is 0 Å². The normalized spacial score (nSPS) is 23.0. The number of hydrogen-bond donors (Lipinski definition) is 1. The smallest absolute Gasteiger partial charge is 0.269 e. The number of nitrogens with one attached hydrogen (secondary N) is 1. The first-order chi connectivity index (χ1) is 12.9. The number of non-ortho nitro benzene ring substituents is 1. The Kier molecular flexibility index (Phi) is 6.71. The van der Waals surface area contributed by atoms with E-state index >= 15 is 0 Å². The van der Waals surface area contributed by atoms with Crippen LogP contribution in [0, 0.1) is 32.7 Å². The molecule has 1 aliphatic rings. The topological polar surface area (TPSA) is 111 Å². The second-order valence-electron chi connectivity index (χ2n) is 8.43. The van der Waals surface area contributed by atoms with Gasteiger partial charge in [0.25, 0.3) is 5.69 Å². The van der Waals surface area contributed by atoms with Crippen molar-refractivity contribution in [1.82, 2.24) is 4.72 Å². The van der Waals surface area contributed by atoms with Crippen LogP contribution in [0.2, 0.25) is 0 Å². The van der Waals surface area contributed by atoms with E-state index in [-0.39, 0.29) is 17.7 Å². The van der Waals surface area contributed by atoms with E-state index < -0.39 is 37.8 Å². The highest BCUT2D eigenvalue weighted by Crippen LogP contribution is 2.40. The van der Waals surface area contributed by atoms with Gasteiger partial charge in [-0.3, -0.25) is 10.1 Å². The van der Waals surface area contributed by atoms with Gasteiger partial charge in [-0.15, -0.1) is 4.72 Å². The van der Waals surface area contributed by atoms with E-state index in [0.29, 0.717) is 26.1 Å². The minimum Gasteiger partial charge on any atom is -0.598 e. The largest absolute Gasteiger partial charge is 0.598 e. The van der Waals surface area contributed by atoms with Crippen LogP contribution in [-0.2, 0) is 21.6 Å². The van der Waals surface area contributed by atoms with Gasteiger partial charge < -0.3 is 9.29 Å². The van der Waals surface area contributed by atoms with E-state index in [4.69, 9.17) is 4.74 Å². The van der Waals surface area contributed by atoms with Crippen LogP contribution >= 0.6 is 0 Å². The first-order valence-corrected chi connectivity index (χ1v) is 10.2. The zero-order chi connectivity index (χ0) is 21.2. The molecule has 9 heteroatoms. The molecule has 3 atom stereocenters. The summed E-state index contributed by atoms with van der Waals surface area (Å²) in [7, 11) is 0. The van der Waals surface area contributed by atoms with E-state index in [0.717, 1.165) is 12.1 Å². The molecule has 1 saturated heterocycles. The van der Waals surface area contributed by atoms with Gasteiger partial charge in [0.05, 0.1) is 28.6 Å². The average Bonchev–Trinajstić information content (AvgIpc) is 3.09. The predicted octanol–water partition coefficient (Wildman–Crippen LogP) is 3.71. The molecule has 7 nitrogen and oxygen atoms in total. The lowest BCUT2D eigenvalue weighted by Crippen LogP contribution is -2.50. The van der Waals surface area contributed by atoms with Crippen molar-refractivity contribution in [2.45, 2.75) is 57.2 Å². The number of benzene rings is 1. The maximum atomic E-state index is 14.7. The highest BCUT2D eigenvalue weighted by Gasteiger charge is 2.43. The quantitative estimate of drug-likeness (QED) is 0.416. The monoisotopic (exact) mass is 411 g/mol. The fourth-order valence-corrected chi connectivity index (χ4v) is 4.01. The summed E-state index contributed by atoms with van der Waals surface area (Å²) in [5.41, 5.74) is -2.04. The fraction of sp³-hybridized carbons (Fsp3) is 0.632. The van der Waals surface area contributed by atoms with Crippen LogP contribution < -0.4 is 4.72 Å². The summed E-state index contributed by atoms with van der Waals surface area (Å²) in [6.45, 7) is 7.78. The molecule has 0 aromatic heterocycles. The van der Waals surface area contributed by atoms with Crippen LogP contribution in [0.1, 0.15) is 52.5 Å². The van der Waals surface area contributed by atoms with Crippen LogP contribution in [0.3, 0.4) is 0 Å². The molecule has 0 spiro atoms. The molecule has 0 amide bonds. The summed E-state index contributed by atoms with van der Waals surface area (Å²) in [6.07, 6.45) is 1.22. The molecule has 0 aliphatic carbocycles. The molecule has 1 fully saturated rings. The maximum Gasteiger partial charge on any atom is 0.269 e. The molecule has 0 saturated carbocycles. The van der Waals surface area contributed by atoms with Gasteiger partial charge >= 0.3 is 0 Å². The van der Waals surface area contributed by atoms with Crippen LogP contribution in [0.15, 0.2) is 18.2 Å². The molecular weight excluding hydrogens is 385 g/mol. The van der Waals surface area contributed by atoms with Crippen molar-refractivity contribution in [2.75, 3.05) is 13.2 Å². The summed E-state index contributed by atoms with van der Waals surface area (Å²) in [6, 6.07) is 5.62. The Balaban J connectivity index is 2.43. The van der Waals surface area contributed by atoms with Crippen LogP contribution in [0.25, 0.3) is 0 Å². The summed E-state index contributed by atoms with van der Waals surface area (Å²) in [4.78, 5) is 10.6. The van der Waals surface area contributed by atoms with Gasteiger partial charge in [-0.2, -0.15) is 5.26 Å². The molecule has 1 N–H and O–H groups in total. The first kappa shape index (κ1) is 22.6. The molecule has 28 heavy (non-hydrogen) atoms. The Bertz CT molecular complexity index is 771. The molecule has 2 rings (SSSR count). The van der Waals surface area contributed by atoms with Crippen molar-refractivity contribution in [3.8, 4) is 6.07 Å². The molecule has 0 radical (unpaired) electrons.